The van der Waals surface area contributed by atoms with E-state index in [-0.39, 0.29) is 11.8 Å². The Labute approximate surface area is 144 Å². The average Bonchev–Trinajstić information content (AvgIpc) is 2.55. The van der Waals surface area contributed by atoms with Crippen molar-refractivity contribution < 1.29 is 4.79 Å². The lowest BCUT2D eigenvalue weighted by atomic mass is 9.96. The van der Waals surface area contributed by atoms with E-state index in [0.29, 0.717) is 5.92 Å². The minimum atomic E-state index is -0.403. The van der Waals surface area contributed by atoms with E-state index in [9.17, 15) is 4.79 Å². The largest absolute Gasteiger partial charge is 0.354 e. The molecule has 1 fully saturated rings. The SMILES string of the molecule is CC(C)C(N)C(=O)NCC1CCN(Cc2ccc(Cl)cc2)CC1. The Morgan fingerprint density at radius 1 is 1.30 bits per heavy atom. The number of carbonyl (C=O) groups excluding carboxylic acids is 1. The fraction of sp³-hybridized carbons (Fsp3) is 0.611. The highest BCUT2D eigenvalue weighted by atomic mass is 35.5. The second-order valence-corrected chi connectivity index (χ2v) is 7.30. The van der Waals surface area contributed by atoms with Gasteiger partial charge in [0.2, 0.25) is 5.91 Å². The lowest BCUT2D eigenvalue weighted by Gasteiger charge is -2.32. The first-order valence-electron chi connectivity index (χ1n) is 8.46. The molecule has 23 heavy (non-hydrogen) atoms. The molecule has 0 spiro atoms. The van der Waals surface area contributed by atoms with E-state index in [0.717, 1.165) is 44.0 Å². The zero-order valence-electron chi connectivity index (χ0n) is 14.1. The van der Waals surface area contributed by atoms with E-state index in [2.05, 4.69) is 22.3 Å². The summed E-state index contributed by atoms with van der Waals surface area (Å²) in [6.07, 6.45) is 2.23. The smallest absolute Gasteiger partial charge is 0.237 e. The molecule has 1 unspecified atom stereocenters. The first-order chi connectivity index (χ1) is 11.0. The number of amides is 1. The summed E-state index contributed by atoms with van der Waals surface area (Å²) in [6, 6.07) is 7.65. The zero-order chi connectivity index (χ0) is 16.8. The van der Waals surface area contributed by atoms with Gasteiger partial charge in [0, 0.05) is 18.1 Å². The first-order valence-corrected chi connectivity index (χ1v) is 8.83. The van der Waals surface area contributed by atoms with Crippen LogP contribution >= 0.6 is 11.6 Å². The molecule has 2 rings (SSSR count). The van der Waals surface area contributed by atoms with Crippen molar-refractivity contribution in [2.75, 3.05) is 19.6 Å². The van der Waals surface area contributed by atoms with Crippen LogP contribution in [0.25, 0.3) is 0 Å². The predicted molar refractivity (Wildman–Crippen MR) is 95.3 cm³/mol. The van der Waals surface area contributed by atoms with Crippen molar-refractivity contribution in [3.63, 3.8) is 0 Å². The molecule has 128 valence electrons. The summed E-state index contributed by atoms with van der Waals surface area (Å²) in [5, 5.41) is 3.79. The van der Waals surface area contributed by atoms with E-state index >= 15 is 0 Å². The van der Waals surface area contributed by atoms with Gasteiger partial charge in [-0.25, -0.2) is 0 Å². The lowest BCUT2D eigenvalue weighted by Crippen LogP contribution is -2.46. The summed E-state index contributed by atoms with van der Waals surface area (Å²) >= 11 is 5.92. The number of benzene rings is 1. The highest BCUT2D eigenvalue weighted by Gasteiger charge is 2.22. The van der Waals surface area contributed by atoms with E-state index in [1.54, 1.807) is 0 Å². The summed E-state index contributed by atoms with van der Waals surface area (Å²) in [6.45, 7) is 7.79. The number of hydrogen-bond donors (Lipinski definition) is 2. The van der Waals surface area contributed by atoms with Crippen molar-refractivity contribution in [1.29, 1.82) is 0 Å². The zero-order valence-corrected chi connectivity index (χ0v) is 14.9. The van der Waals surface area contributed by atoms with Crippen molar-refractivity contribution in [2.45, 2.75) is 39.3 Å². The fourth-order valence-corrected chi connectivity index (χ4v) is 2.99. The van der Waals surface area contributed by atoms with E-state index < -0.39 is 6.04 Å². The Morgan fingerprint density at radius 2 is 1.91 bits per heavy atom. The van der Waals surface area contributed by atoms with Crippen LogP contribution in [0.3, 0.4) is 0 Å². The minimum absolute atomic E-state index is 0.0245. The monoisotopic (exact) mass is 337 g/mol. The Bertz CT molecular complexity index is 495. The first kappa shape index (κ1) is 18.2. The Morgan fingerprint density at radius 3 is 2.48 bits per heavy atom. The van der Waals surface area contributed by atoms with Gasteiger partial charge in [-0.2, -0.15) is 0 Å². The molecule has 5 heteroatoms. The van der Waals surface area contributed by atoms with Gasteiger partial charge in [0.15, 0.2) is 0 Å². The number of nitrogens with one attached hydrogen (secondary N) is 1. The van der Waals surface area contributed by atoms with E-state index in [1.165, 1.54) is 5.56 Å². The van der Waals surface area contributed by atoms with Gasteiger partial charge >= 0.3 is 0 Å². The maximum absolute atomic E-state index is 11.9. The molecule has 1 saturated heterocycles. The van der Waals surface area contributed by atoms with Gasteiger partial charge in [-0.15, -0.1) is 0 Å². The third kappa shape index (κ3) is 5.79. The van der Waals surface area contributed by atoms with Gasteiger partial charge in [-0.3, -0.25) is 9.69 Å². The van der Waals surface area contributed by atoms with Gasteiger partial charge in [0.05, 0.1) is 6.04 Å². The summed E-state index contributed by atoms with van der Waals surface area (Å²) in [5.74, 6) is 0.708. The molecule has 1 amide bonds. The molecule has 1 aromatic rings. The quantitative estimate of drug-likeness (QED) is 0.839. The highest BCUT2D eigenvalue weighted by Crippen LogP contribution is 2.19. The van der Waals surface area contributed by atoms with Crippen LogP contribution in [-0.2, 0) is 11.3 Å². The summed E-state index contributed by atoms with van der Waals surface area (Å²) in [7, 11) is 0. The van der Waals surface area contributed by atoms with Crippen LogP contribution in [-0.4, -0.2) is 36.5 Å². The van der Waals surface area contributed by atoms with Crippen LogP contribution in [0.2, 0.25) is 5.02 Å². The third-order valence-corrected chi connectivity index (χ3v) is 4.86. The van der Waals surface area contributed by atoms with Crippen molar-refractivity contribution in [1.82, 2.24) is 10.2 Å². The molecule has 0 aromatic heterocycles. The molecule has 1 aromatic carbocycles. The number of likely N-dealkylation sites (tertiary alicyclic amines) is 1. The van der Waals surface area contributed by atoms with Crippen LogP contribution in [0.15, 0.2) is 24.3 Å². The van der Waals surface area contributed by atoms with Gasteiger partial charge < -0.3 is 11.1 Å². The topological polar surface area (TPSA) is 58.4 Å². The molecule has 1 aliphatic rings. The number of halogens is 1. The molecule has 1 aliphatic heterocycles. The van der Waals surface area contributed by atoms with Gasteiger partial charge in [0.25, 0.3) is 0 Å². The van der Waals surface area contributed by atoms with Crippen LogP contribution in [0, 0.1) is 11.8 Å². The summed E-state index contributed by atoms with van der Waals surface area (Å²) in [4.78, 5) is 14.4. The number of nitrogens with zero attached hydrogens (tertiary/aromatic N) is 1. The lowest BCUT2D eigenvalue weighted by molar-refractivity contribution is -0.123. The van der Waals surface area contributed by atoms with Crippen LogP contribution in [0.5, 0.6) is 0 Å². The maximum Gasteiger partial charge on any atom is 0.237 e. The van der Waals surface area contributed by atoms with Crippen molar-refractivity contribution in [2.24, 2.45) is 17.6 Å². The van der Waals surface area contributed by atoms with Crippen LogP contribution in [0.4, 0.5) is 0 Å². The van der Waals surface area contributed by atoms with Gasteiger partial charge in [0.1, 0.15) is 0 Å². The molecule has 0 aliphatic carbocycles. The molecule has 0 radical (unpaired) electrons. The summed E-state index contributed by atoms with van der Waals surface area (Å²) < 4.78 is 0. The normalized spacial score (nSPS) is 18.1. The van der Waals surface area contributed by atoms with Crippen molar-refractivity contribution >= 4 is 17.5 Å². The maximum atomic E-state index is 11.9. The van der Waals surface area contributed by atoms with E-state index in [1.807, 2.05) is 26.0 Å². The number of piperidine rings is 1. The number of hydrogen-bond acceptors (Lipinski definition) is 3. The minimum Gasteiger partial charge on any atom is -0.354 e. The molecular formula is C18H28ClN3O. The molecule has 0 bridgehead atoms. The molecule has 1 atom stereocenters. The molecule has 0 saturated carbocycles. The van der Waals surface area contributed by atoms with Crippen LogP contribution < -0.4 is 11.1 Å². The van der Waals surface area contributed by atoms with Crippen LogP contribution in [0.1, 0.15) is 32.3 Å². The second kappa shape index (κ2) is 8.67. The molecular weight excluding hydrogens is 310 g/mol. The van der Waals surface area contributed by atoms with Crippen molar-refractivity contribution in [3.8, 4) is 0 Å². The van der Waals surface area contributed by atoms with Gasteiger partial charge in [-0.05, 0) is 55.5 Å². The second-order valence-electron chi connectivity index (χ2n) is 6.86. The number of carbonyl (C=O) groups is 1. The standard InChI is InChI=1S/C18H28ClN3O/c1-13(2)17(20)18(23)21-11-14-7-9-22(10-8-14)12-15-3-5-16(19)6-4-15/h3-6,13-14,17H,7-12,20H2,1-2H3,(H,21,23). The Hall–Kier alpha value is -1.10. The van der Waals surface area contributed by atoms with Crippen molar-refractivity contribution in [3.05, 3.63) is 34.9 Å². The number of rotatable bonds is 6. The fourth-order valence-electron chi connectivity index (χ4n) is 2.86. The summed E-state index contributed by atoms with van der Waals surface area (Å²) in [5.41, 5.74) is 7.16. The molecule has 1 heterocycles. The predicted octanol–water partition coefficient (Wildman–Crippen LogP) is 2.65. The Kier molecular flexibility index (Phi) is 6.88. The van der Waals surface area contributed by atoms with E-state index in [4.69, 9.17) is 17.3 Å². The average molecular weight is 338 g/mol. The molecule has 3 N–H and O–H groups in total. The third-order valence-electron chi connectivity index (χ3n) is 4.61. The molecule has 4 nitrogen and oxygen atoms in total. The highest BCUT2D eigenvalue weighted by molar-refractivity contribution is 6.30. The number of nitrogens with two attached hydrogens (primary N) is 1. The Balaban J connectivity index is 1.69. The van der Waals surface area contributed by atoms with Gasteiger partial charge in [-0.1, -0.05) is 37.6 Å².